The predicted molar refractivity (Wildman–Crippen MR) is 103 cm³/mol. The van der Waals surface area contributed by atoms with E-state index in [1.807, 2.05) is 36.4 Å². The molecule has 0 saturated heterocycles. The van der Waals surface area contributed by atoms with E-state index in [1.165, 1.54) is 33.1 Å². The maximum absolute atomic E-state index is 10.9. The number of carbonyl (C=O) groups is 1. The summed E-state index contributed by atoms with van der Waals surface area (Å²) >= 11 is 1.28. The van der Waals surface area contributed by atoms with Crippen molar-refractivity contribution in [1.82, 2.24) is 4.98 Å². The van der Waals surface area contributed by atoms with Crippen LogP contribution < -0.4 is 4.74 Å². The Morgan fingerprint density at radius 3 is 2.54 bits per heavy atom. The molecule has 3 aromatic carbocycles. The van der Waals surface area contributed by atoms with Gasteiger partial charge in [0.2, 0.25) is 0 Å². The first kappa shape index (κ1) is 16.3. The molecule has 0 amide bonds. The molecule has 0 atom stereocenters. The summed E-state index contributed by atoms with van der Waals surface area (Å²) in [5, 5.41) is 13.5. The molecule has 0 unspecified atom stereocenters. The summed E-state index contributed by atoms with van der Waals surface area (Å²) in [6, 6.07) is 22.5. The molecule has 0 spiro atoms. The summed E-state index contributed by atoms with van der Waals surface area (Å²) in [5.41, 5.74) is 2.36. The van der Waals surface area contributed by atoms with E-state index in [9.17, 15) is 4.79 Å². The van der Waals surface area contributed by atoms with Gasteiger partial charge in [0.25, 0.3) is 0 Å². The number of carboxylic acids is 1. The molecule has 0 fully saturated rings. The molecule has 4 aromatic rings. The van der Waals surface area contributed by atoms with E-state index in [1.54, 1.807) is 0 Å². The van der Waals surface area contributed by atoms with Crippen molar-refractivity contribution in [3.63, 3.8) is 0 Å². The van der Waals surface area contributed by atoms with Crippen LogP contribution in [0.5, 0.6) is 5.75 Å². The second-order valence-corrected chi connectivity index (χ2v) is 6.71. The maximum atomic E-state index is 10.9. The van der Waals surface area contributed by atoms with Crippen molar-refractivity contribution in [2.24, 2.45) is 0 Å². The van der Waals surface area contributed by atoms with Crippen LogP contribution in [0.15, 0.2) is 72.1 Å². The number of benzene rings is 3. The minimum Gasteiger partial charge on any atom is -0.486 e. The first-order valence-electron chi connectivity index (χ1n) is 8.09. The van der Waals surface area contributed by atoms with Gasteiger partial charge in [-0.25, -0.2) is 9.78 Å². The molecular formula is C21H15NO3S. The van der Waals surface area contributed by atoms with Gasteiger partial charge in [0, 0.05) is 5.38 Å². The van der Waals surface area contributed by atoms with Gasteiger partial charge in [-0.15, -0.1) is 11.3 Å². The third kappa shape index (κ3) is 3.30. The third-order valence-corrected chi connectivity index (χ3v) is 4.91. The largest absolute Gasteiger partial charge is 0.486 e. The van der Waals surface area contributed by atoms with E-state index in [-0.39, 0.29) is 12.3 Å². The van der Waals surface area contributed by atoms with Gasteiger partial charge in [-0.3, -0.25) is 0 Å². The van der Waals surface area contributed by atoms with Crippen molar-refractivity contribution in [2.75, 3.05) is 0 Å². The average Bonchev–Trinajstić information content (AvgIpc) is 3.16. The van der Waals surface area contributed by atoms with E-state index in [0.29, 0.717) is 5.01 Å². The fourth-order valence-corrected chi connectivity index (χ4v) is 3.51. The Bertz CT molecular complexity index is 1060. The van der Waals surface area contributed by atoms with Crippen LogP contribution in [0.1, 0.15) is 15.5 Å². The van der Waals surface area contributed by atoms with Crippen LogP contribution in [0.25, 0.3) is 21.9 Å². The quantitative estimate of drug-likeness (QED) is 0.528. The van der Waals surface area contributed by atoms with Crippen LogP contribution in [0.4, 0.5) is 0 Å². The van der Waals surface area contributed by atoms with Crippen molar-refractivity contribution < 1.29 is 14.6 Å². The zero-order chi connectivity index (χ0) is 17.9. The molecule has 0 saturated carbocycles. The van der Waals surface area contributed by atoms with E-state index >= 15 is 0 Å². The summed E-state index contributed by atoms with van der Waals surface area (Å²) in [5.74, 6) is -0.298. The van der Waals surface area contributed by atoms with Crippen LogP contribution in [-0.4, -0.2) is 16.1 Å². The zero-order valence-electron chi connectivity index (χ0n) is 13.8. The standard InChI is InChI=1S/C21H15NO3S/c23-21(24)19-13-26-20(22-19)12-25-16-10-8-15(9-11-16)18-7-3-5-14-4-1-2-6-17(14)18/h1-11,13H,12H2,(H,23,24). The fraction of sp³-hybridized carbons (Fsp3) is 0.0476. The van der Waals surface area contributed by atoms with Crippen LogP contribution in [-0.2, 0) is 6.61 Å². The summed E-state index contributed by atoms with van der Waals surface area (Å²) in [4.78, 5) is 14.9. The molecule has 26 heavy (non-hydrogen) atoms. The van der Waals surface area contributed by atoms with Crippen LogP contribution in [0, 0.1) is 0 Å². The lowest BCUT2D eigenvalue weighted by molar-refractivity contribution is 0.0691. The SMILES string of the molecule is O=C(O)c1csc(COc2ccc(-c3cccc4ccccc34)cc2)n1. The third-order valence-electron chi connectivity index (χ3n) is 4.09. The molecule has 1 heterocycles. The van der Waals surface area contributed by atoms with E-state index in [2.05, 4.69) is 35.3 Å². The average molecular weight is 361 g/mol. The smallest absolute Gasteiger partial charge is 0.355 e. The Balaban J connectivity index is 1.52. The highest BCUT2D eigenvalue weighted by Gasteiger charge is 2.09. The lowest BCUT2D eigenvalue weighted by Gasteiger charge is -2.09. The molecular weight excluding hydrogens is 346 g/mol. The highest BCUT2D eigenvalue weighted by atomic mass is 32.1. The Hall–Kier alpha value is -3.18. The molecule has 128 valence electrons. The Morgan fingerprint density at radius 1 is 1.00 bits per heavy atom. The summed E-state index contributed by atoms with van der Waals surface area (Å²) in [6.45, 7) is 0.256. The number of hydrogen-bond donors (Lipinski definition) is 1. The molecule has 1 aromatic heterocycles. The molecule has 5 heteroatoms. The number of nitrogens with zero attached hydrogens (tertiary/aromatic N) is 1. The van der Waals surface area contributed by atoms with E-state index in [4.69, 9.17) is 9.84 Å². The molecule has 0 radical (unpaired) electrons. The second kappa shape index (κ2) is 6.98. The lowest BCUT2D eigenvalue weighted by Crippen LogP contribution is -1.99. The molecule has 1 N–H and O–H groups in total. The van der Waals surface area contributed by atoms with Crippen molar-refractivity contribution >= 4 is 28.1 Å². The Morgan fingerprint density at radius 2 is 1.77 bits per heavy atom. The van der Waals surface area contributed by atoms with Gasteiger partial charge in [0.1, 0.15) is 17.4 Å². The van der Waals surface area contributed by atoms with Gasteiger partial charge >= 0.3 is 5.97 Å². The van der Waals surface area contributed by atoms with Crippen LogP contribution in [0.2, 0.25) is 0 Å². The fourth-order valence-electron chi connectivity index (χ4n) is 2.83. The second-order valence-electron chi connectivity index (χ2n) is 5.77. The summed E-state index contributed by atoms with van der Waals surface area (Å²) in [7, 11) is 0. The summed E-state index contributed by atoms with van der Waals surface area (Å²) < 4.78 is 5.72. The number of aromatic carboxylic acids is 1. The van der Waals surface area contributed by atoms with Crippen molar-refractivity contribution in [2.45, 2.75) is 6.61 Å². The van der Waals surface area contributed by atoms with Gasteiger partial charge in [0.05, 0.1) is 0 Å². The summed E-state index contributed by atoms with van der Waals surface area (Å²) in [6.07, 6.45) is 0. The molecule has 4 nitrogen and oxygen atoms in total. The van der Waals surface area contributed by atoms with E-state index < -0.39 is 5.97 Å². The highest BCUT2D eigenvalue weighted by molar-refractivity contribution is 7.09. The van der Waals surface area contributed by atoms with Crippen molar-refractivity contribution in [1.29, 1.82) is 0 Å². The monoisotopic (exact) mass is 361 g/mol. The minimum atomic E-state index is -1.02. The molecule has 4 rings (SSSR count). The molecule has 0 bridgehead atoms. The topological polar surface area (TPSA) is 59.4 Å². The molecule has 0 aliphatic carbocycles. The molecule has 0 aliphatic heterocycles. The van der Waals surface area contributed by atoms with Crippen LogP contribution in [0.3, 0.4) is 0 Å². The first-order chi connectivity index (χ1) is 12.7. The van der Waals surface area contributed by atoms with Gasteiger partial charge in [-0.1, -0.05) is 54.6 Å². The number of ether oxygens (including phenoxy) is 1. The van der Waals surface area contributed by atoms with Crippen LogP contribution >= 0.6 is 11.3 Å². The van der Waals surface area contributed by atoms with Crippen molar-refractivity contribution in [3.8, 4) is 16.9 Å². The van der Waals surface area contributed by atoms with Crippen molar-refractivity contribution in [3.05, 3.63) is 82.8 Å². The van der Waals surface area contributed by atoms with Gasteiger partial charge in [0.15, 0.2) is 5.69 Å². The lowest BCUT2D eigenvalue weighted by atomic mass is 9.98. The van der Waals surface area contributed by atoms with E-state index in [0.717, 1.165) is 11.3 Å². The van der Waals surface area contributed by atoms with Gasteiger partial charge < -0.3 is 9.84 Å². The van der Waals surface area contributed by atoms with Gasteiger partial charge in [-0.05, 0) is 34.0 Å². The predicted octanol–water partition coefficient (Wildman–Crippen LogP) is 5.24. The Labute approximate surface area is 154 Å². The molecule has 0 aliphatic rings. The van der Waals surface area contributed by atoms with Gasteiger partial charge in [-0.2, -0.15) is 0 Å². The number of aromatic nitrogens is 1. The number of thiazole rings is 1. The number of hydrogen-bond acceptors (Lipinski definition) is 4. The number of fused-ring (bicyclic) bond motifs is 1. The minimum absolute atomic E-state index is 0.0555. The number of rotatable bonds is 5. The highest BCUT2D eigenvalue weighted by Crippen LogP contribution is 2.29. The first-order valence-corrected chi connectivity index (χ1v) is 8.97. The number of carboxylic acid groups (broad SMARTS) is 1. The normalized spacial score (nSPS) is 10.8. The Kier molecular flexibility index (Phi) is 4.37. The maximum Gasteiger partial charge on any atom is 0.355 e. The zero-order valence-corrected chi connectivity index (χ0v) is 14.6.